The van der Waals surface area contributed by atoms with Crippen LogP contribution in [0.1, 0.15) is 77.6 Å². The highest BCUT2D eigenvalue weighted by Gasteiger charge is 2.19. The Kier molecular flexibility index (Phi) is 15.1. The Labute approximate surface area is 151 Å². The van der Waals surface area contributed by atoms with E-state index in [9.17, 15) is 17.7 Å². The van der Waals surface area contributed by atoms with E-state index < -0.39 is 10.1 Å². The molecule has 0 heterocycles. The molecule has 0 atom stereocenters. The third-order valence-electron chi connectivity index (χ3n) is 4.19. The van der Waals surface area contributed by atoms with Gasteiger partial charge in [-0.15, -0.1) is 0 Å². The van der Waals surface area contributed by atoms with Gasteiger partial charge in [0.05, 0.1) is 11.5 Å². The molecule has 24 heavy (non-hydrogen) atoms. The number of unbranched alkanes of at least 4 members (excludes halogenated alkanes) is 5. The Morgan fingerprint density at radius 3 is 2.21 bits per heavy atom. The van der Waals surface area contributed by atoms with Crippen molar-refractivity contribution in [1.82, 2.24) is 0 Å². The Morgan fingerprint density at radius 2 is 1.67 bits per heavy atom. The predicted octanol–water partition coefficient (Wildman–Crippen LogP) is 5.08. The van der Waals surface area contributed by atoms with Gasteiger partial charge in [0.25, 0.3) is 10.1 Å². The molecule has 0 amide bonds. The molecule has 0 aromatic heterocycles. The summed E-state index contributed by atoms with van der Waals surface area (Å²) in [6.45, 7) is 2.11. The second kappa shape index (κ2) is 15.1. The third kappa shape index (κ3) is 13.2. The average molecular weight is 385 g/mol. The van der Waals surface area contributed by atoms with Crippen molar-refractivity contribution in [3.63, 3.8) is 0 Å². The first-order chi connectivity index (χ1) is 11.5. The van der Waals surface area contributed by atoms with E-state index in [1.807, 2.05) is 6.26 Å². The van der Waals surface area contributed by atoms with Crippen molar-refractivity contribution in [3.8, 4) is 0 Å². The summed E-state index contributed by atoms with van der Waals surface area (Å²) in [5, 5.41) is 0. The summed E-state index contributed by atoms with van der Waals surface area (Å²) in [6, 6.07) is 0. The van der Waals surface area contributed by atoms with Crippen molar-refractivity contribution in [2.45, 2.75) is 77.6 Å². The van der Waals surface area contributed by atoms with Crippen molar-refractivity contribution in [2.24, 2.45) is 5.92 Å². The standard InChI is InChI=1S/C9H16OS.C8H17FO3S/c1-11-7-9(10)8-5-3-2-4-6-8;1-2-3-4-5-6-7-8-13(10,11)12-9/h8H,2-7H2,1H3;2-8H2,1H3. The number of carbonyl (C=O) groups is 1. The molecule has 0 radical (unpaired) electrons. The zero-order valence-corrected chi connectivity index (χ0v) is 16.7. The van der Waals surface area contributed by atoms with Gasteiger partial charge < -0.3 is 0 Å². The van der Waals surface area contributed by atoms with Gasteiger partial charge in [0.2, 0.25) is 0 Å². The second-order valence-corrected chi connectivity index (χ2v) is 8.84. The molecular weight excluding hydrogens is 351 g/mol. The normalized spacial score (nSPS) is 15.6. The highest BCUT2D eigenvalue weighted by atomic mass is 32.2. The molecule has 0 saturated heterocycles. The average Bonchev–Trinajstić information content (AvgIpc) is 2.59. The molecular formula is C17H33FO4S2. The predicted molar refractivity (Wildman–Crippen MR) is 99.3 cm³/mol. The molecule has 1 fully saturated rings. The summed E-state index contributed by atoms with van der Waals surface area (Å²) in [5.74, 6) is 1.41. The molecule has 7 heteroatoms. The molecule has 0 aromatic rings. The van der Waals surface area contributed by atoms with E-state index in [0.717, 1.165) is 44.3 Å². The van der Waals surface area contributed by atoms with Crippen molar-refractivity contribution < 1.29 is 22.1 Å². The molecule has 0 aliphatic heterocycles. The number of halogens is 1. The van der Waals surface area contributed by atoms with Crippen LogP contribution in [0.4, 0.5) is 4.53 Å². The smallest absolute Gasteiger partial charge is 0.297 e. The van der Waals surface area contributed by atoms with E-state index in [4.69, 9.17) is 0 Å². The molecule has 1 saturated carbocycles. The topological polar surface area (TPSA) is 60.4 Å². The van der Waals surface area contributed by atoms with Crippen LogP contribution in [0.5, 0.6) is 0 Å². The van der Waals surface area contributed by atoms with Crippen LogP contribution in [0.3, 0.4) is 0 Å². The first-order valence-corrected chi connectivity index (χ1v) is 12.0. The quantitative estimate of drug-likeness (QED) is 0.465. The van der Waals surface area contributed by atoms with Gasteiger partial charge in [-0.3, -0.25) is 4.79 Å². The summed E-state index contributed by atoms with van der Waals surface area (Å²) in [4.78, 5) is 11.4. The van der Waals surface area contributed by atoms with Crippen molar-refractivity contribution in [1.29, 1.82) is 0 Å². The van der Waals surface area contributed by atoms with Crippen molar-refractivity contribution >= 4 is 27.7 Å². The zero-order chi connectivity index (χ0) is 18.3. The van der Waals surface area contributed by atoms with Crippen LogP contribution < -0.4 is 0 Å². The van der Waals surface area contributed by atoms with Gasteiger partial charge in [-0.2, -0.15) is 20.2 Å². The molecule has 0 unspecified atom stereocenters. The minimum absolute atomic E-state index is 0.213. The summed E-state index contributed by atoms with van der Waals surface area (Å²) in [7, 11) is -3.88. The number of rotatable bonds is 11. The maximum absolute atomic E-state index is 11.4. The molecule has 1 rings (SSSR count). The summed E-state index contributed by atoms with van der Waals surface area (Å²) in [5.41, 5.74) is 0. The van der Waals surface area contributed by atoms with Gasteiger partial charge in [0.15, 0.2) is 0 Å². The van der Waals surface area contributed by atoms with E-state index in [2.05, 4.69) is 11.3 Å². The van der Waals surface area contributed by atoms with Crippen molar-refractivity contribution in [2.75, 3.05) is 17.8 Å². The lowest BCUT2D eigenvalue weighted by Gasteiger charge is -2.19. The van der Waals surface area contributed by atoms with Crippen LogP contribution in [-0.4, -0.2) is 32.0 Å². The van der Waals surface area contributed by atoms with Gasteiger partial charge in [0.1, 0.15) is 5.78 Å². The number of ketones is 1. The van der Waals surface area contributed by atoms with Crippen LogP contribution in [0.15, 0.2) is 0 Å². The highest BCUT2D eigenvalue weighted by molar-refractivity contribution is 7.99. The first-order valence-electron chi connectivity index (χ1n) is 9.01. The van der Waals surface area contributed by atoms with Gasteiger partial charge in [-0.05, 0) is 30.0 Å². The minimum atomic E-state index is -3.88. The summed E-state index contributed by atoms with van der Waals surface area (Å²) < 4.78 is 35.1. The van der Waals surface area contributed by atoms with Gasteiger partial charge >= 0.3 is 0 Å². The number of Topliss-reactive ketones (excluding diaryl/α,β-unsaturated/α-hetero) is 1. The summed E-state index contributed by atoms with van der Waals surface area (Å²) in [6.07, 6.45) is 13.9. The van der Waals surface area contributed by atoms with Crippen LogP contribution in [0, 0.1) is 5.92 Å². The first kappa shape index (κ1) is 23.9. The Bertz CT molecular complexity index is 407. The summed E-state index contributed by atoms with van der Waals surface area (Å²) >= 11 is 1.65. The lowest BCUT2D eigenvalue weighted by molar-refractivity contribution is -0.121. The molecule has 0 bridgehead atoms. The van der Waals surface area contributed by atoms with E-state index in [1.165, 1.54) is 25.7 Å². The van der Waals surface area contributed by atoms with Crippen LogP contribution in [-0.2, 0) is 19.3 Å². The monoisotopic (exact) mass is 384 g/mol. The van der Waals surface area contributed by atoms with Gasteiger partial charge in [-0.25, -0.2) is 0 Å². The molecule has 0 aromatic carbocycles. The Hall–Kier alpha value is -0.140. The molecule has 1 aliphatic rings. The molecule has 144 valence electrons. The molecule has 0 N–H and O–H groups in total. The number of hydrogen-bond acceptors (Lipinski definition) is 5. The maximum atomic E-state index is 11.4. The fourth-order valence-electron chi connectivity index (χ4n) is 2.78. The number of thioether (sulfide) groups is 1. The van der Waals surface area contributed by atoms with Crippen LogP contribution in [0.25, 0.3) is 0 Å². The SMILES string of the molecule is CCCCCCCCS(=O)(=O)OF.CSCC(=O)C1CCCCC1. The second-order valence-electron chi connectivity index (χ2n) is 6.33. The van der Waals surface area contributed by atoms with E-state index >= 15 is 0 Å². The fourth-order valence-corrected chi connectivity index (χ4v) is 3.92. The maximum Gasteiger partial charge on any atom is 0.297 e. The van der Waals surface area contributed by atoms with Crippen LogP contribution in [0.2, 0.25) is 0 Å². The molecule has 1 aliphatic carbocycles. The largest absolute Gasteiger partial charge is 0.298 e. The lowest BCUT2D eigenvalue weighted by Crippen LogP contribution is -2.19. The Morgan fingerprint density at radius 1 is 1.08 bits per heavy atom. The zero-order valence-electron chi connectivity index (χ0n) is 15.1. The van der Waals surface area contributed by atoms with Gasteiger partial charge in [0, 0.05) is 5.92 Å². The molecule has 4 nitrogen and oxygen atoms in total. The highest BCUT2D eigenvalue weighted by Crippen LogP contribution is 2.24. The van der Waals surface area contributed by atoms with E-state index in [-0.39, 0.29) is 5.75 Å². The van der Waals surface area contributed by atoms with E-state index in [0.29, 0.717) is 18.1 Å². The number of hydrogen-bond donors (Lipinski definition) is 0. The fraction of sp³-hybridized carbons (Fsp3) is 0.941. The molecule has 0 spiro atoms. The van der Waals surface area contributed by atoms with Crippen molar-refractivity contribution in [3.05, 3.63) is 0 Å². The Balaban J connectivity index is 0.000000446. The van der Waals surface area contributed by atoms with E-state index in [1.54, 1.807) is 11.8 Å². The van der Waals surface area contributed by atoms with Crippen LogP contribution >= 0.6 is 11.8 Å². The third-order valence-corrected chi connectivity index (χ3v) is 5.74. The number of carbonyl (C=O) groups excluding carboxylic acids is 1. The lowest BCUT2D eigenvalue weighted by atomic mass is 9.87. The minimum Gasteiger partial charge on any atom is -0.298 e. The van der Waals surface area contributed by atoms with Gasteiger partial charge in [-0.1, -0.05) is 62.7 Å².